The molecule has 0 aromatic heterocycles. The summed E-state index contributed by atoms with van der Waals surface area (Å²) in [5.41, 5.74) is 6.77. The monoisotopic (exact) mass is 312 g/mol. The average molecular weight is 313 g/mol. The highest BCUT2D eigenvalue weighted by atomic mass is 35.5. The lowest BCUT2D eigenvalue weighted by molar-refractivity contribution is -0.115. The molecule has 0 aliphatic heterocycles. The third-order valence-electron chi connectivity index (χ3n) is 2.55. The van der Waals surface area contributed by atoms with Crippen molar-refractivity contribution in [1.82, 2.24) is 0 Å². The molecule has 3 nitrogen and oxygen atoms in total. The van der Waals surface area contributed by atoms with Crippen LogP contribution in [0.2, 0.25) is 10.0 Å². The first-order chi connectivity index (χ1) is 9.44. The Bertz CT molecular complexity index is 641. The van der Waals surface area contributed by atoms with Crippen molar-refractivity contribution < 1.29 is 9.18 Å². The van der Waals surface area contributed by atoms with E-state index < -0.39 is 5.82 Å². The van der Waals surface area contributed by atoms with Crippen LogP contribution in [0.25, 0.3) is 0 Å². The van der Waals surface area contributed by atoms with Crippen LogP contribution >= 0.6 is 23.2 Å². The van der Waals surface area contributed by atoms with Gasteiger partial charge in [0, 0.05) is 11.4 Å². The van der Waals surface area contributed by atoms with Gasteiger partial charge in [0.05, 0.1) is 16.5 Å². The van der Waals surface area contributed by atoms with Crippen molar-refractivity contribution in [3.63, 3.8) is 0 Å². The van der Waals surface area contributed by atoms with E-state index in [0.29, 0.717) is 21.3 Å². The minimum absolute atomic E-state index is 0.104. The van der Waals surface area contributed by atoms with Gasteiger partial charge in [-0.25, -0.2) is 4.39 Å². The third kappa shape index (κ3) is 3.85. The maximum Gasteiger partial charge on any atom is 0.228 e. The van der Waals surface area contributed by atoms with E-state index in [2.05, 4.69) is 5.32 Å². The Morgan fingerprint density at radius 3 is 2.55 bits per heavy atom. The zero-order valence-corrected chi connectivity index (χ0v) is 11.8. The van der Waals surface area contributed by atoms with Crippen molar-refractivity contribution in [3.8, 4) is 0 Å². The van der Waals surface area contributed by atoms with Gasteiger partial charge in [-0.05, 0) is 35.9 Å². The first-order valence-corrected chi connectivity index (χ1v) is 6.49. The number of anilines is 2. The van der Waals surface area contributed by atoms with Gasteiger partial charge in [-0.2, -0.15) is 0 Å². The number of halogens is 3. The maximum atomic E-state index is 13.1. The van der Waals surface area contributed by atoms with Gasteiger partial charge >= 0.3 is 0 Å². The third-order valence-corrected chi connectivity index (χ3v) is 3.29. The number of nitrogens with two attached hydrogens (primary N) is 1. The topological polar surface area (TPSA) is 55.1 Å². The quantitative estimate of drug-likeness (QED) is 0.845. The van der Waals surface area contributed by atoms with Crippen LogP contribution in [0.4, 0.5) is 15.8 Å². The van der Waals surface area contributed by atoms with Gasteiger partial charge in [0.15, 0.2) is 0 Å². The Balaban J connectivity index is 2.06. The van der Waals surface area contributed by atoms with Crippen molar-refractivity contribution in [2.45, 2.75) is 6.42 Å². The van der Waals surface area contributed by atoms with Crippen molar-refractivity contribution in [1.29, 1.82) is 0 Å². The van der Waals surface area contributed by atoms with Crippen molar-refractivity contribution in [2.75, 3.05) is 11.1 Å². The van der Waals surface area contributed by atoms with E-state index in [-0.39, 0.29) is 18.0 Å². The van der Waals surface area contributed by atoms with E-state index in [4.69, 9.17) is 28.9 Å². The summed E-state index contributed by atoms with van der Waals surface area (Å²) >= 11 is 11.7. The van der Waals surface area contributed by atoms with Gasteiger partial charge in [0.1, 0.15) is 5.82 Å². The summed E-state index contributed by atoms with van der Waals surface area (Å²) in [6, 6.07) is 8.79. The second kappa shape index (κ2) is 6.11. The molecular weight excluding hydrogens is 302 g/mol. The lowest BCUT2D eigenvalue weighted by atomic mass is 10.1. The molecule has 3 N–H and O–H groups in total. The second-order valence-electron chi connectivity index (χ2n) is 4.25. The van der Waals surface area contributed by atoms with Crippen LogP contribution in [0, 0.1) is 5.82 Å². The van der Waals surface area contributed by atoms with Crippen LogP contribution in [-0.2, 0) is 11.2 Å². The number of hydrogen-bond acceptors (Lipinski definition) is 2. The van der Waals surface area contributed by atoms with Crippen LogP contribution in [0.15, 0.2) is 36.4 Å². The first-order valence-electron chi connectivity index (χ1n) is 5.74. The molecule has 0 aliphatic carbocycles. The lowest BCUT2D eigenvalue weighted by Gasteiger charge is -2.07. The first kappa shape index (κ1) is 14.6. The molecule has 104 valence electrons. The SMILES string of the molecule is Nc1cc(F)cc(NC(=O)Cc2ccc(Cl)c(Cl)c2)c1. The molecule has 0 spiro atoms. The number of rotatable bonds is 3. The normalized spacial score (nSPS) is 10.3. The summed E-state index contributed by atoms with van der Waals surface area (Å²) in [5.74, 6) is -0.803. The summed E-state index contributed by atoms with van der Waals surface area (Å²) in [6.07, 6.45) is 0.104. The summed E-state index contributed by atoms with van der Waals surface area (Å²) < 4.78 is 13.1. The molecule has 0 saturated carbocycles. The number of nitrogens with one attached hydrogen (secondary N) is 1. The van der Waals surface area contributed by atoms with E-state index in [1.54, 1.807) is 18.2 Å². The number of carbonyl (C=O) groups excluding carboxylic acids is 1. The molecule has 0 saturated heterocycles. The molecular formula is C14H11Cl2FN2O. The lowest BCUT2D eigenvalue weighted by Crippen LogP contribution is -2.14. The van der Waals surface area contributed by atoms with Gasteiger partial charge in [-0.3, -0.25) is 4.79 Å². The Morgan fingerprint density at radius 1 is 1.15 bits per heavy atom. The fourth-order valence-electron chi connectivity index (χ4n) is 1.72. The predicted molar refractivity (Wildman–Crippen MR) is 79.6 cm³/mol. The standard InChI is InChI=1S/C14H11Cl2FN2O/c15-12-2-1-8(3-13(12)16)4-14(20)19-11-6-9(17)5-10(18)7-11/h1-3,5-7H,4,18H2,(H,19,20). The summed E-state index contributed by atoms with van der Waals surface area (Å²) in [6.45, 7) is 0. The van der Waals surface area contributed by atoms with E-state index in [0.717, 1.165) is 0 Å². The zero-order chi connectivity index (χ0) is 14.7. The number of amides is 1. The van der Waals surface area contributed by atoms with E-state index >= 15 is 0 Å². The Labute approximate surface area is 125 Å². The molecule has 0 bridgehead atoms. The molecule has 0 fully saturated rings. The summed E-state index contributed by atoms with van der Waals surface area (Å²) in [4.78, 5) is 11.9. The fraction of sp³-hybridized carbons (Fsp3) is 0.0714. The predicted octanol–water partition coefficient (Wildman–Crippen LogP) is 3.90. The maximum absolute atomic E-state index is 13.1. The molecule has 0 radical (unpaired) electrons. The van der Waals surface area contributed by atoms with Gasteiger partial charge < -0.3 is 11.1 Å². The van der Waals surface area contributed by atoms with Gasteiger partial charge in [0.2, 0.25) is 5.91 Å². The van der Waals surface area contributed by atoms with Gasteiger partial charge in [-0.1, -0.05) is 29.3 Å². The smallest absolute Gasteiger partial charge is 0.228 e. The van der Waals surface area contributed by atoms with Crippen LogP contribution in [-0.4, -0.2) is 5.91 Å². The highest BCUT2D eigenvalue weighted by molar-refractivity contribution is 6.42. The van der Waals surface area contributed by atoms with E-state index in [9.17, 15) is 9.18 Å². The highest BCUT2D eigenvalue weighted by Crippen LogP contribution is 2.23. The van der Waals surface area contributed by atoms with Crippen LogP contribution in [0.1, 0.15) is 5.56 Å². The Hall–Kier alpha value is -1.78. The molecule has 0 unspecified atom stereocenters. The van der Waals surface area contributed by atoms with Crippen LogP contribution in [0.5, 0.6) is 0 Å². The van der Waals surface area contributed by atoms with Crippen molar-refractivity contribution in [3.05, 3.63) is 57.8 Å². The zero-order valence-electron chi connectivity index (χ0n) is 10.3. The minimum atomic E-state index is -0.505. The number of carbonyl (C=O) groups is 1. The average Bonchev–Trinajstić information content (AvgIpc) is 2.32. The Morgan fingerprint density at radius 2 is 1.90 bits per heavy atom. The molecule has 2 aromatic carbocycles. The molecule has 20 heavy (non-hydrogen) atoms. The molecule has 6 heteroatoms. The van der Waals surface area contributed by atoms with Crippen molar-refractivity contribution in [2.24, 2.45) is 0 Å². The van der Waals surface area contributed by atoms with Crippen molar-refractivity contribution >= 4 is 40.5 Å². The molecule has 0 heterocycles. The van der Waals surface area contributed by atoms with E-state index in [1.165, 1.54) is 18.2 Å². The highest BCUT2D eigenvalue weighted by Gasteiger charge is 2.07. The molecule has 0 aliphatic rings. The van der Waals surface area contributed by atoms with Gasteiger partial charge in [0.25, 0.3) is 0 Å². The second-order valence-corrected chi connectivity index (χ2v) is 5.06. The summed E-state index contributed by atoms with van der Waals surface area (Å²) in [7, 11) is 0. The summed E-state index contributed by atoms with van der Waals surface area (Å²) in [5, 5.41) is 3.38. The van der Waals surface area contributed by atoms with E-state index in [1.807, 2.05) is 0 Å². The number of nitrogen functional groups attached to an aromatic ring is 1. The van der Waals surface area contributed by atoms with Gasteiger partial charge in [-0.15, -0.1) is 0 Å². The fourth-order valence-corrected chi connectivity index (χ4v) is 2.05. The largest absolute Gasteiger partial charge is 0.399 e. The number of hydrogen-bond donors (Lipinski definition) is 2. The number of benzene rings is 2. The molecule has 2 rings (SSSR count). The molecule has 1 amide bonds. The van der Waals surface area contributed by atoms with Crippen LogP contribution in [0.3, 0.4) is 0 Å². The molecule has 2 aromatic rings. The van der Waals surface area contributed by atoms with Crippen LogP contribution < -0.4 is 11.1 Å². The minimum Gasteiger partial charge on any atom is -0.399 e. The molecule has 0 atom stereocenters. The Kier molecular flexibility index (Phi) is 4.47.